The molecule has 0 saturated carbocycles. The third-order valence-corrected chi connectivity index (χ3v) is 3.64. The predicted octanol–water partition coefficient (Wildman–Crippen LogP) is 3.55. The molecular weight excluding hydrogens is 350 g/mol. The molecule has 27 heavy (non-hydrogen) atoms. The number of benzene rings is 2. The van der Waals surface area contributed by atoms with Crippen LogP contribution in [-0.4, -0.2) is 30.8 Å². The fourth-order valence-electron chi connectivity index (χ4n) is 2.20. The van der Waals surface area contributed by atoms with Crippen LogP contribution in [0.2, 0.25) is 0 Å². The predicted molar refractivity (Wildman–Crippen MR) is 102 cm³/mol. The Hall–Kier alpha value is -3.42. The van der Waals surface area contributed by atoms with Gasteiger partial charge in [0.1, 0.15) is 0 Å². The van der Waals surface area contributed by atoms with Gasteiger partial charge >= 0.3 is 0 Å². The molecule has 0 bridgehead atoms. The summed E-state index contributed by atoms with van der Waals surface area (Å²) in [6.45, 7) is 2.70. The Morgan fingerprint density at radius 2 is 2.07 bits per heavy atom. The molecule has 0 atom stereocenters. The number of carbonyl (C=O) groups is 1. The number of hydrogen-bond acceptors (Lipinski definition) is 6. The lowest BCUT2D eigenvalue weighted by Crippen LogP contribution is -2.17. The Bertz CT molecular complexity index is 836. The quantitative estimate of drug-likeness (QED) is 0.314. The standard InChI is InChI=1S/C19H21N3O5/c1-3-4-10-27-17-9-8-14(11-18(17)26-2)13-20-21-19(23)15-6-5-7-16(12-15)22(24)25/h5-9,11-13H,3-4,10H2,1-2H3,(H,21,23). The van der Waals surface area contributed by atoms with E-state index in [0.717, 1.165) is 12.8 Å². The summed E-state index contributed by atoms with van der Waals surface area (Å²) in [6.07, 6.45) is 3.45. The Morgan fingerprint density at radius 3 is 2.78 bits per heavy atom. The number of hydrogen-bond donors (Lipinski definition) is 1. The second-order valence-corrected chi connectivity index (χ2v) is 5.62. The summed E-state index contributed by atoms with van der Waals surface area (Å²) in [5, 5.41) is 14.6. The maximum absolute atomic E-state index is 12.0. The maximum Gasteiger partial charge on any atom is 0.271 e. The van der Waals surface area contributed by atoms with Crippen molar-refractivity contribution in [1.29, 1.82) is 0 Å². The van der Waals surface area contributed by atoms with Gasteiger partial charge in [-0.2, -0.15) is 5.10 Å². The Labute approximate surface area is 157 Å². The first-order chi connectivity index (χ1) is 13.0. The van der Waals surface area contributed by atoms with E-state index in [9.17, 15) is 14.9 Å². The molecule has 8 nitrogen and oxygen atoms in total. The van der Waals surface area contributed by atoms with Crippen LogP contribution < -0.4 is 14.9 Å². The molecule has 0 spiro atoms. The zero-order valence-electron chi connectivity index (χ0n) is 15.2. The number of amides is 1. The lowest BCUT2D eigenvalue weighted by Gasteiger charge is -2.10. The first-order valence-electron chi connectivity index (χ1n) is 8.44. The van der Waals surface area contributed by atoms with Crippen molar-refractivity contribution in [2.45, 2.75) is 19.8 Å². The molecule has 2 aromatic carbocycles. The zero-order chi connectivity index (χ0) is 19.6. The maximum atomic E-state index is 12.0. The zero-order valence-corrected chi connectivity index (χ0v) is 15.2. The number of nitro benzene ring substituents is 1. The van der Waals surface area contributed by atoms with Gasteiger partial charge in [-0.15, -0.1) is 0 Å². The largest absolute Gasteiger partial charge is 0.493 e. The van der Waals surface area contributed by atoms with Crippen molar-refractivity contribution < 1.29 is 19.2 Å². The number of ether oxygens (including phenoxy) is 2. The van der Waals surface area contributed by atoms with Crippen LogP contribution in [0.5, 0.6) is 11.5 Å². The van der Waals surface area contributed by atoms with Gasteiger partial charge in [0.15, 0.2) is 11.5 Å². The van der Waals surface area contributed by atoms with Gasteiger partial charge in [-0.25, -0.2) is 5.43 Å². The molecule has 0 radical (unpaired) electrons. The van der Waals surface area contributed by atoms with Crippen LogP contribution in [-0.2, 0) is 0 Å². The van der Waals surface area contributed by atoms with Gasteiger partial charge in [0.25, 0.3) is 11.6 Å². The molecule has 2 rings (SSSR count). The van der Waals surface area contributed by atoms with Gasteiger partial charge in [0, 0.05) is 17.7 Å². The summed E-state index contributed by atoms with van der Waals surface area (Å²) in [5.41, 5.74) is 3.04. The normalized spacial score (nSPS) is 10.6. The van der Waals surface area contributed by atoms with Gasteiger partial charge < -0.3 is 9.47 Å². The minimum Gasteiger partial charge on any atom is -0.493 e. The van der Waals surface area contributed by atoms with Crippen molar-refractivity contribution in [1.82, 2.24) is 5.43 Å². The number of unbranched alkanes of at least 4 members (excludes halogenated alkanes) is 1. The van der Waals surface area contributed by atoms with Crippen molar-refractivity contribution in [3.05, 3.63) is 63.7 Å². The van der Waals surface area contributed by atoms with Crippen LogP contribution in [0.15, 0.2) is 47.6 Å². The molecule has 1 amide bonds. The van der Waals surface area contributed by atoms with Crippen LogP contribution in [0, 0.1) is 10.1 Å². The van der Waals surface area contributed by atoms with E-state index < -0.39 is 10.8 Å². The minimum absolute atomic E-state index is 0.151. The summed E-state index contributed by atoms with van der Waals surface area (Å²) >= 11 is 0. The summed E-state index contributed by atoms with van der Waals surface area (Å²) < 4.78 is 11.0. The molecule has 0 unspecified atom stereocenters. The Balaban J connectivity index is 2.02. The number of nitrogens with zero attached hydrogens (tertiary/aromatic N) is 2. The highest BCUT2D eigenvalue weighted by Crippen LogP contribution is 2.27. The van der Waals surface area contributed by atoms with Crippen LogP contribution in [0.1, 0.15) is 35.7 Å². The van der Waals surface area contributed by atoms with Crippen LogP contribution in [0.3, 0.4) is 0 Å². The highest BCUT2D eigenvalue weighted by atomic mass is 16.6. The molecule has 0 fully saturated rings. The molecule has 0 saturated heterocycles. The monoisotopic (exact) mass is 371 g/mol. The molecule has 142 valence electrons. The molecular formula is C19H21N3O5. The molecule has 2 aromatic rings. The molecule has 0 aliphatic heterocycles. The number of nitro groups is 1. The number of rotatable bonds is 9. The number of non-ortho nitro benzene ring substituents is 1. The second-order valence-electron chi connectivity index (χ2n) is 5.62. The van der Waals surface area contributed by atoms with Crippen LogP contribution in [0.4, 0.5) is 5.69 Å². The highest BCUT2D eigenvalue weighted by molar-refractivity contribution is 5.95. The van der Waals surface area contributed by atoms with Crippen molar-refractivity contribution in [2.75, 3.05) is 13.7 Å². The number of hydrazone groups is 1. The third-order valence-electron chi connectivity index (χ3n) is 3.64. The molecule has 8 heteroatoms. The molecule has 0 heterocycles. The van der Waals surface area contributed by atoms with Crippen LogP contribution >= 0.6 is 0 Å². The molecule has 0 aliphatic carbocycles. The Kier molecular flexibility index (Phi) is 7.30. The summed E-state index contributed by atoms with van der Waals surface area (Å²) in [7, 11) is 1.55. The van der Waals surface area contributed by atoms with Gasteiger partial charge in [0.2, 0.25) is 0 Å². The van der Waals surface area contributed by atoms with E-state index in [-0.39, 0.29) is 11.3 Å². The third kappa shape index (κ3) is 5.81. The lowest BCUT2D eigenvalue weighted by atomic mass is 10.2. The smallest absolute Gasteiger partial charge is 0.271 e. The summed E-state index contributed by atoms with van der Waals surface area (Å²) in [4.78, 5) is 22.3. The second kappa shape index (κ2) is 9.91. The van der Waals surface area contributed by atoms with Crippen molar-refractivity contribution in [3.63, 3.8) is 0 Å². The first kappa shape index (κ1) is 19.9. The molecule has 0 aromatic heterocycles. The SMILES string of the molecule is CCCCOc1ccc(C=NNC(=O)c2cccc([N+](=O)[O-])c2)cc1OC. The van der Waals surface area contributed by atoms with E-state index in [1.807, 2.05) is 0 Å². The average Bonchev–Trinajstić information content (AvgIpc) is 2.68. The van der Waals surface area contributed by atoms with E-state index in [2.05, 4.69) is 17.5 Å². The number of methoxy groups -OCH3 is 1. The van der Waals surface area contributed by atoms with Gasteiger partial charge in [0.05, 0.1) is 24.9 Å². The minimum atomic E-state index is -0.559. The van der Waals surface area contributed by atoms with Crippen LogP contribution in [0.25, 0.3) is 0 Å². The first-order valence-corrected chi connectivity index (χ1v) is 8.44. The van der Waals surface area contributed by atoms with Gasteiger partial charge in [-0.1, -0.05) is 19.4 Å². The van der Waals surface area contributed by atoms with E-state index in [0.29, 0.717) is 23.7 Å². The Morgan fingerprint density at radius 1 is 1.26 bits per heavy atom. The van der Waals surface area contributed by atoms with E-state index in [4.69, 9.17) is 9.47 Å². The van der Waals surface area contributed by atoms with E-state index in [1.54, 1.807) is 25.3 Å². The fraction of sp³-hybridized carbons (Fsp3) is 0.263. The van der Waals surface area contributed by atoms with E-state index in [1.165, 1.54) is 30.5 Å². The number of carbonyl (C=O) groups excluding carboxylic acids is 1. The highest BCUT2D eigenvalue weighted by Gasteiger charge is 2.10. The van der Waals surface area contributed by atoms with Crippen molar-refractivity contribution in [2.24, 2.45) is 5.10 Å². The fourth-order valence-corrected chi connectivity index (χ4v) is 2.20. The summed E-state index contributed by atoms with van der Waals surface area (Å²) in [6, 6.07) is 10.7. The molecule has 0 aliphatic rings. The lowest BCUT2D eigenvalue weighted by molar-refractivity contribution is -0.384. The van der Waals surface area contributed by atoms with Gasteiger partial charge in [-0.05, 0) is 36.2 Å². The van der Waals surface area contributed by atoms with Crippen molar-refractivity contribution in [3.8, 4) is 11.5 Å². The van der Waals surface area contributed by atoms with E-state index >= 15 is 0 Å². The average molecular weight is 371 g/mol. The molecule has 1 N–H and O–H groups in total. The van der Waals surface area contributed by atoms with Crippen molar-refractivity contribution >= 4 is 17.8 Å². The summed E-state index contributed by atoms with van der Waals surface area (Å²) in [5.74, 6) is 0.672. The topological polar surface area (TPSA) is 103 Å². The number of nitrogens with one attached hydrogen (secondary N) is 1. The van der Waals surface area contributed by atoms with Gasteiger partial charge in [-0.3, -0.25) is 14.9 Å².